The second kappa shape index (κ2) is 5.01. The maximum Gasteiger partial charge on any atom is 0.0294 e. The summed E-state index contributed by atoms with van der Waals surface area (Å²) in [6, 6.07) is 11.9. The molecule has 1 aliphatic carbocycles. The lowest BCUT2D eigenvalue weighted by Crippen LogP contribution is -2.34. The molecule has 1 heteroatoms. The minimum atomic E-state index is 0.471. The van der Waals surface area contributed by atoms with Crippen molar-refractivity contribution in [2.45, 2.75) is 45.7 Å². The molecule has 0 radical (unpaired) electrons. The van der Waals surface area contributed by atoms with Gasteiger partial charge < -0.3 is 5.32 Å². The summed E-state index contributed by atoms with van der Waals surface area (Å²) in [7, 11) is 0. The summed E-state index contributed by atoms with van der Waals surface area (Å²) in [6.07, 6.45) is 2.71. The highest BCUT2D eigenvalue weighted by atomic mass is 15.0. The molecule has 2 rings (SSSR count). The standard InChI is InChI=1S/C15H23N/c1-11-9-10-15(12(11)2)16-13(3)14-7-5-4-6-8-14/h4-8,11-13,15-16H,9-10H2,1-3H3. The van der Waals surface area contributed by atoms with Crippen LogP contribution in [0.5, 0.6) is 0 Å². The van der Waals surface area contributed by atoms with Gasteiger partial charge in [-0.25, -0.2) is 0 Å². The van der Waals surface area contributed by atoms with Gasteiger partial charge >= 0.3 is 0 Å². The molecule has 0 bridgehead atoms. The van der Waals surface area contributed by atoms with Crippen LogP contribution in [0, 0.1) is 11.8 Å². The van der Waals surface area contributed by atoms with E-state index in [-0.39, 0.29) is 0 Å². The summed E-state index contributed by atoms with van der Waals surface area (Å²) < 4.78 is 0. The SMILES string of the molecule is CC(NC1CCC(C)C1C)c1ccccc1. The average molecular weight is 217 g/mol. The van der Waals surface area contributed by atoms with Gasteiger partial charge in [0.05, 0.1) is 0 Å². The van der Waals surface area contributed by atoms with Gasteiger partial charge in [0.15, 0.2) is 0 Å². The molecule has 0 heterocycles. The Morgan fingerprint density at radius 2 is 1.81 bits per heavy atom. The lowest BCUT2D eigenvalue weighted by atomic mass is 9.96. The number of rotatable bonds is 3. The lowest BCUT2D eigenvalue weighted by Gasteiger charge is -2.24. The van der Waals surface area contributed by atoms with Crippen molar-refractivity contribution in [3.8, 4) is 0 Å². The molecular formula is C15H23N. The number of benzene rings is 1. The van der Waals surface area contributed by atoms with Gasteiger partial charge in [-0.15, -0.1) is 0 Å². The molecule has 1 saturated carbocycles. The molecule has 0 amide bonds. The monoisotopic (exact) mass is 217 g/mol. The fourth-order valence-corrected chi connectivity index (χ4v) is 2.76. The first-order valence-electron chi connectivity index (χ1n) is 6.49. The van der Waals surface area contributed by atoms with E-state index in [4.69, 9.17) is 0 Å². The molecule has 1 N–H and O–H groups in total. The van der Waals surface area contributed by atoms with Crippen LogP contribution < -0.4 is 5.32 Å². The first-order chi connectivity index (χ1) is 7.68. The topological polar surface area (TPSA) is 12.0 Å². The van der Waals surface area contributed by atoms with Gasteiger partial charge in [-0.3, -0.25) is 0 Å². The van der Waals surface area contributed by atoms with Crippen molar-refractivity contribution in [1.82, 2.24) is 5.32 Å². The summed E-state index contributed by atoms with van der Waals surface area (Å²) in [5, 5.41) is 3.78. The van der Waals surface area contributed by atoms with Crippen molar-refractivity contribution < 1.29 is 0 Å². The normalized spacial score (nSPS) is 31.6. The van der Waals surface area contributed by atoms with E-state index in [1.54, 1.807) is 0 Å². The van der Waals surface area contributed by atoms with Crippen LogP contribution in [0.25, 0.3) is 0 Å². The Bertz CT molecular complexity index is 319. The Balaban J connectivity index is 1.95. The highest BCUT2D eigenvalue weighted by Gasteiger charge is 2.30. The molecule has 1 aromatic rings. The van der Waals surface area contributed by atoms with Gasteiger partial charge in [-0.2, -0.15) is 0 Å². The van der Waals surface area contributed by atoms with E-state index in [9.17, 15) is 0 Å². The van der Waals surface area contributed by atoms with Crippen molar-refractivity contribution in [3.05, 3.63) is 35.9 Å². The summed E-state index contributed by atoms with van der Waals surface area (Å²) in [6.45, 7) is 7.03. The minimum Gasteiger partial charge on any atom is -0.307 e. The molecule has 1 aliphatic rings. The number of nitrogens with one attached hydrogen (secondary N) is 1. The molecule has 0 aromatic heterocycles. The molecule has 4 unspecified atom stereocenters. The Morgan fingerprint density at radius 1 is 1.12 bits per heavy atom. The van der Waals surface area contributed by atoms with Gasteiger partial charge in [0.1, 0.15) is 0 Å². The Kier molecular flexibility index (Phi) is 3.65. The van der Waals surface area contributed by atoms with Crippen LogP contribution in [-0.2, 0) is 0 Å². The first kappa shape index (κ1) is 11.7. The Labute approximate surface area is 99.3 Å². The van der Waals surface area contributed by atoms with Crippen LogP contribution in [0.3, 0.4) is 0 Å². The number of hydrogen-bond acceptors (Lipinski definition) is 1. The molecule has 0 saturated heterocycles. The van der Waals surface area contributed by atoms with Crippen molar-refractivity contribution in [1.29, 1.82) is 0 Å². The van der Waals surface area contributed by atoms with Crippen molar-refractivity contribution in [2.24, 2.45) is 11.8 Å². The summed E-state index contributed by atoms with van der Waals surface area (Å²) >= 11 is 0. The predicted octanol–water partition coefficient (Wildman–Crippen LogP) is 3.77. The Hall–Kier alpha value is -0.820. The lowest BCUT2D eigenvalue weighted by molar-refractivity contribution is 0.347. The van der Waals surface area contributed by atoms with E-state index < -0.39 is 0 Å². The van der Waals surface area contributed by atoms with Gasteiger partial charge in [0.2, 0.25) is 0 Å². The van der Waals surface area contributed by atoms with Crippen molar-refractivity contribution in [3.63, 3.8) is 0 Å². The third kappa shape index (κ3) is 2.46. The van der Waals surface area contributed by atoms with E-state index in [0.29, 0.717) is 12.1 Å². The maximum atomic E-state index is 3.78. The van der Waals surface area contributed by atoms with Gasteiger partial charge in [-0.05, 0) is 37.2 Å². The van der Waals surface area contributed by atoms with E-state index in [0.717, 1.165) is 11.8 Å². The van der Waals surface area contributed by atoms with Crippen LogP contribution >= 0.6 is 0 Å². The van der Waals surface area contributed by atoms with E-state index in [2.05, 4.69) is 56.4 Å². The van der Waals surface area contributed by atoms with Gasteiger partial charge in [0.25, 0.3) is 0 Å². The molecule has 1 fully saturated rings. The third-order valence-electron chi connectivity index (χ3n) is 4.23. The molecule has 4 atom stereocenters. The van der Waals surface area contributed by atoms with Gasteiger partial charge in [0, 0.05) is 12.1 Å². The van der Waals surface area contributed by atoms with Crippen LogP contribution in [-0.4, -0.2) is 6.04 Å². The second-order valence-corrected chi connectivity index (χ2v) is 5.32. The van der Waals surface area contributed by atoms with E-state index in [1.165, 1.54) is 18.4 Å². The molecule has 16 heavy (non-hydrogen) atoms. The third-order valence-corrected chi connectivity index (χ3v) is 4.23. The smallest absolute Gasteiger partial charge is 0.0294 e. The molecule has 1 nitrogen and oxygen atoms in total. The van der Waals surface area contributed by atoms with Crippen molar-refractivity contribution in [2.75, 3.05) is 0 Å². The largest absolute Gasteiger partial charge is 0.307 e. The Morgan fingerprint density at radius 3 is 2.38 bits per heavy atom. The van der Waals surface area contributed by atoms with Crippen LogP contribution in [0.4, 0.5) is 0 Å². The number of hydrogen-bond donors (Lipinski definition) is 1. The second-order valence-electron chi connectivity index (χ2n) is 5.32. The van der Waals surface area contributed by atoms with Gasteiger partial charge in [-0.1, -0.05) is 44.2 Å². The zero-order valence-electron chi connectivity index (χ0n) is 10.6. The highest BCUT2D eigenvalue weighted by Crippen LogP contribution is 2.32. The molecular weight excluding hydrogens is 194 g/mol. The summed E-state index contributed by atoms with van der Waals surface area (Å²) in [4.78, 5) is 0. The predicted molar refractivity (Wildman–Crippen MR) is 69.3 cm³/mol. The average Bonchev–Trinajstić information content (AvgIpc) is 2.62. The fourth-order valence-electron chi connectivity index (χ4n) is 2.76. The molecule has 1 aromatic carbocycles. The van der Waals surface area contributed by atoms with Crippen LogP contribution in [0.1, 0.15) is 45.2 Å². The molecule has 88 valence electrons. The van der Waals surface area contributed by atoms with Crippen molar-refractivity contribution >= 4 is 0 Å². The minimum absolute atomic E-state index is 0.471. The van der Waals surface area contributed by atoms with E-state index >= 15 is 0 Å². The zero-order chi connectivity index (χ0) is 11.5. The summed E-state index contributed by atoms with van der Waals surface area (Å²) in [5.74, 6) is 1.69. The quantitative estimate of drug-likeness (QED) is 0.812. The maximum absolute atomic E-state index is 3.78. The zero-order valence-corrected chi connectivity index (χ0v) is 10.6. The highest BCUT2D eigenvalue weighted by molar-refractivity contribution is 5.18. The molecule has 0 spiro atoms. The van der Waals surface area contributed by atoms with Crippen LogP contribution in [0.2, 0.25) is 0 Å². The van der Waals surface area contributed by atoms with Crippen LogP contribution in [0.15, 0.2) is 30.3 Å². The summed E-state index contributed by atoms with van der Waals surface area (Å²) in [5.41, 5.74) is 1.40. The first-order valence-corrected chi connectivity index (χ1v) is 6.49. The molecule has 0 aliphatic heterocycles. The van der Waals surface area contributed by atoms with E-state index in [1.807, 2.05) is 0 Å². The fraction of sp³-hybridized carbons (Fsp3) is 0.600.